The second kappa shape index (κ2) is 9.18. The van der Waals surface area contributed by atoms with Crippen LogP contribution < -0.4 is 15.0 Å². The Morgan fingerprint density at radius 2 is 1.94 bits per heavy atom. The second-order valence-electron chi connectivity index (χ2n) is 7.47. The molecule has 2 amide bonds. The number of amides is 2. The number of hydrogen-bond acceptors (Lipinski definition) is 4. The van der Waals surface area contributed by atoms with Gasteiger partial charge in [0.1, 0.15) is 12.4 Å². The third kappa shape index (κ3) is 4.25. The van der Waals surface area contributed by atoms with E-state index in [1.54, 1.807) is 4.90 Å². The van der Waals surface area contributed by atoms with Crippen LogP contribution in [0.25, 0.3) is 10.8 Å². The van der Waals surface area contributed by atoms with E-state index < -0.39 is 0 Å². The van der Waals surface area contributed by atoms with E-state index >= 15 is 0 Å². The van der Waals surface area contributed by atoms with Gasteiger partial charge in [-0.2, -0.15) is 0 Å². The van der Waals surface area contributed by atoms with E-state index in [9.17, 15) is 9.59 Å². The summed E-state index contributed by atoms with van der Waals surface area (Å²) in [5.74, 6) is 0.221. The summed E-state index contributed by atoms with van der Waals surface area (Å²) in [5, 5.41) is 4.81. The lowest BCUT2D eigenvalue weighted by Gasteiger charge is -2.30. The van der Waals surface area contributed by atoms with Crippen LogP contribution in [0.15, 0.2) is 54.6 Å². The Balaban J connectivity index is 1.68. The number of methoxy groups -OCH3 is 1. The molecular weight excluding hydrogens is 392 g/mol. The van der Waals surface area contributed by atoms with Gasteiger partial charge in [0.15, 0.2) is 0 Å². The van der Waals surface area contributed by atoms with Gasteiger partial charge in [0, 0.05) is 25.0 Å². The molecule has 0 atom stereocenters. The molecule has 6 heteroatoms. The number of fused-ring (bicyclic) bond motifs is 2. The van der Waals surface area contributed by atoms with Crippen molar-refractivity contribution >= 4 is 34.0 Å². The van der Waals surface area contributed by atoms with Crippen molar-refractivity contribution in [2.45, 2.75) is 19.8 Å². The largest absolute Gasteiger partial charge is 0.493 e. The summed E-state index contributed by atoms with van der Waals surface area (Å²) in [6.07, 6.45) is 1.81. The minimum atomic E-state index is -0.245. The Hall–Kier alpha value is -3.38. The summed E-state index contributed by atoms with van der Waals surface area (Å²) in [7, 11) is 1.51. The Labute approximate surface area is 181 Å². The average Bonchev–Trinajstić information content (AvgIpc) is 2.78. The first-order chi connectivity index (χ1) is 15.1. The molecule has 0 bridgehead atoms. The van der Waals surface area contributed by atoms with Gasteiger partial charge < -0.3 is 19.7 Å². The topological polar surface area (TPSA) is 67.9 Å². The van der Waals surface area contributed by atoms with Crippen LogP contribution in [-0.4, -0.2) is 38.7 Å². The molecule has 1 aliphatic heterocycles. The molecule has 31 heavy (non-hydrogen) atoms. The molecule has 1 heterocycles. The van der Waals surface area contributed by atoms with Gasteiger partial charge in [-0.15, -0.1) is 0 Å². The summed E-state index contributed by atoms with van der Waals surface area (Å²) in [6.45, 7) is 3.04. The molecule has 4 rings (SSSR count). The number of hydrogen-bond donors (Lipinski definition) is 1. The Bertz CT molecular complexity index is 1130. The number of carbonyl (C=O) groups is 2. The maximum atomic E-state index is 13.3. The maximum absolute atomic E-state index is 13.3. The molecule has 6 nitrogen and oxygen atoms in total. The fourth-order valence-electron chi connectivity index (χ4n) is 4.07. The molecule has 160 valence electrons. The molecule has 1 aliphatic rings. The van der Waals surface area contributed by atoms with Crippen molar-refractivity contribution in [2.75, 3.05) is 37.1 Å². The summed E-state index contributed by atoms with van der Waals surface area (Å²) in [6, 6.07) is 17.3. The number of benzene rings is 3. The van der Waals surface area contributed by atoms with Crippen LogP contribution in [0.5, 0.6) is 5.75 Å². The molecule has 1 N–H and O–H groups in total. The van der Waals surface area contributed by atoms with Crippen molar-refractivity contribution in [3.63, 3.8) is 0 Å². The van der Waals surface area contributed by atoms with Gasteiger partial charge in [-0.3, -0.25) is 9.59 Å². The van der Waals surface area contributed by atoms with Gasteiger partial charge in [-0.25, -0.2) is 0 Å². The molecular formula is C25H26N2O4. The van der Waals surface area contributed by atoms with Gasteiger partial charge in [-0.1, -0.05) is 36.4 Å². The van der Waals surface area contributed by atoms with Crippen LogP contribution in [0.2, 0.25) is 0 Å². The molecule has 3 aromatic rings. The highest BCUT2D eigenvalue weighted by Crippen LogP contribution is 2.32. The molecule has 0 radical (unpaired) electrons. The number of ether oxygens (including phenoxy) is 2. The normalized spacial score (nSPS) is 13.0. The summed E-state index contributed by atoms with van der Waals surface area (Å²) in [4.78, 5) is 27.5. The predicted octanol–water partition coefficient (Wildman–Crippen LogP) is 4.42. The fraction of sp³-hybridized carbons (Fsp3) is 0.280. The van der Waals surface area contributed by atoms with Gasteiger partial charge in [0.05, 0.1) is 12.2 Å². The van der Waals surface area contributed by atoms with Crippen LogP contribution in [0.4, 0.5) is 11.4 Å². The first-order valence-electron chi connectivity index (χ1n) is 10.5. The molecule has 0 spiro atoms. The lowest BCUT2D eigenvalue weighted by molar-refractivity contribution is -0.122. The molecule has 0 aliphatic carbocycles. The van der Waals surface area contributed by atoms with Crippen molar-refractivity contribution in [3.05, 3.63) is 65.7 Å². The van der Waals surface area contributed by atoms with E-state index in [1.807, 2.05) is 61.5 Å². The molecule has 0 fully saturated rings. The number of rotatable bonds is 6. The van der Waals surface area contributed by atoms with E-state index in [1.165, 1.54) is 7.11 Å². The van der Waals surface area contributed by atoms with E-state index in [0.29, 0.717) is 30.2 Å². The summed E-state index contributed by atoms with van der Waals surface area (Å²) >= 11 is 0. The quantitative estimate of drug-likeness (QED) is 0.644. The van der Waals surface area contributed by atoms with Crippen LogP contribution in [0.1, 0.15) is 29.3 Å². The van der Waals surface area contributed by atoms with E-state index in [0.717, 1.165) is 34.9 Å². The highest BCUT2D eigenvalue weighted by molar-refractivity contribution is 6.15. The maximum Gasteiger partial charge on any atom is 0.260 e. The third-order valence-corrected chi connectivity index (χ3v) is 5.45. The van der Waals surface area contributed by atoms with Crippen LogP contribution in [0, 0.1) is 0 Å². The summed E-state index contributed by atoms with van der Waals surface area (Å²) < 4.78 is 10.8. The number of nitrogens with zero attached hydrogens (tertiary/aromatic N) is 1. The Morgan fingerprint density at radius 3 is 2.74 bits per heavy atom. The van der Waals surface area contributed by atoms with Gasteiger partial charge in [0.25, 0.3) is 11.8 Å². The summed E-state index contributed by atoms with van der Waals surface area (Å²) in [5.41, 5.74) is 3.06. The van der Waals surface area contributed by atoms with Crippen molar-refractivity contribution < 1.29 is 19.1 Å². The second-order valence-corrected chi connectivity index (χ2v) is 7.47. The zero-order valence-corrected chi connectivity index (χ0v) is 17.8. The van der Waals surface area contributed by atoms with Crippen LogP contribution >= 0.6 is 0 Å². The van der Waals surface area contributed by atoms with Gasteiger partial charge in [0.2, 0.25) is 0 Å². The smallest absolute Gasteiger partial charge is 0.260 e. The standard InChI is InChI=1S/C25H26N2O4/c1-3-31-22-13-11-17-7-4-5-9-20(17)24(22)25(29)26-19-12-10-18-8-6-14-27(21(18)15-19)23(28)16-30-2/h4-5,7,9-13,15H,3,6,8,14,16H2,1-2H3,(H,26,29). The van der Waals surface area contributed by atoms with Crippen LogP contribution in [-0.2, 0) is 16.0 Å². The zero-order chi connectivity index (χ0) is 21.8. The number of aryl methyl sites for hydroxylation is 1. The first kappa shape index (κ1) is 20.9. The number of carbonyl (C=O) groups excluding carboxylic acids is 2. The monoisotopic (exact) mass is 418 g/mol. The van der Waals surface area contributed by atoms with Gasteiger partial charge >= 0.3 is 0 Å². The van der Waals surface area contributed by atoms with E-state index in [-0.39, 0.29) is 18.4 Å². The van der Waals surface area contributed by atoms with Crippen molar-refractivity contribution in [3.8, 4) is 5.75 Å². The molecule has 0 aromatic heterocycles. The van der Waals surface area contributed by atoms with E-state index in [4.69, 9.17) is 9.47 Å². The van der Waals surface area contributed by atoms with Crippen molar-refractivity contribution in [2.24, 2.45) is 0 Å². The Kier molecular flexibility index (Phi) is 6.18. The highest BCUT2D eigenvalue weighted by Gasteiger charge is 2.23. The predicted molar refractivity (Wildman–Crippen MR) is 122 cm³/mol. The molecule has 0 saturated heterocycles. The molecule has 3 aromatic carbocycles. The van der Waals surface area contributed by atoms with Crippen LogP contribution in [0.3, 0.4) is 0 Å². The third-order valence-electron chi connectivity index (χ3n) is 5.45. The lowest BCUT2D eigenvalue weighted by atomic mass is 10.0. The first-order valence-corrected chi connectivity index (χ1v) is 10.5. The minimum absolute atomic E-state index is 0.0315. The minimum Gasteiger partial charge on any atom is -0.493 e. The van der Waals surface area contributed by atoms with Gasteiger partial charge in [-0.05, 0) is 54.3 Å². The Morgan fingerprint density at radius 1 is 1.10 bits per heavy atom. The van der Waals surface area contributed by atoms with Crippen molar-refractivity contribution in [1.82, 2.24) is 0 Å². The SMILES string of the molecule is CCOc1ccc2ccccc2c1C(=O)Nc1ccc2c(c1)N(C(=O)COC)CCC2. The lowest BCUT2D eigenvalue weighted by Crippen LogP contribution is -2.37. The van der Waals surface area contributed by atoms with Crippen molar-refractivity contribution in [1.29, 1.82) is 0 Å². The number of nitrogens with one attached hydrogen (secondary N) is 1. The number of anilines is 2. The highest BCUT2D eigenvalue weighted by atomic mass is 16.5. The zero-order valence-electron chi connectivity index (χ0n) is 17.8. The fourth-order valence-corrected chi connectivity index (χ4v) is 4.07. The molecule has 0 saturated carbocycles. The molecule has 0 unspecified atom stereocenters. The average molecular weight is 418 g/mol. The van der Waals surface area contributed by atoms with E-state index in [2.05, 4.69) is 5.32 Å².